The van der Waals surface area contributed by atoms with Crippen molar-refractivity contribution in [2.45, 2.75) is 18.9 Å². The lowest BCUT2D eigenvalue weighted by atomic mass is 10.0. The molecule has 8 heteroatoms. The molecule has 110 valence electrons. The van der Waals surface area contributed by atoms with Gasteiger partial charge in [0.25, 0.3) is 5.91 Å². The Morgan fingerprint density at radius 1 is 1.43 bits per heavy atom. The Kier molecular flexibility index (Phi) is 3.60. The molecule has 21 heavy (non-hydrogen) atoms. The molecule has 0 saturated carbocycles. The van der Waals surface area contributed by atoms with Gasteiger partial charge in [0, 0.05) is 19.5 Å². The van der Waals surface area contributed by atoms with Gasteiger partial charge in [-0.05, 0) is 47.3 Å². The van der Waals surface area contributed by atoms with Crippen LogP contribution in [0.3, 0.4) is 0 Å². The van der Waals surface area contributed by atoms with Crippen LogP contribution in [0, 0.1) is 14.2 Å². The number of amides is 2. The summed E-state index contributed by atoms with van der Waals surface area (Å²) in [5.74, 6) is -0.885. The Bertz CT molecular complexity index is 829. The normalized spacial score (nSPS) is 19.6. The van der Waals surface area contributed by atoms with E-state index in [9.17, 15) is 14.0 Å². The van der Waals surface area contributed by atoms with Crippen LogP contribution in [-0.2, 0) is 9.59 Å². The number of likely N-dealkylation sites (tertiary alicyclic amines) is 1. The number of carbonyl (C=O) groups excluding carboxylic acids is 2. The number of imidazole rings is 1. The molecule has 1 saturated heterocycles. The van der Waals surface area contributed by atoms with Gasteiger partial charge in [-0.3, -0.25) is 14.5 Å². The maximum atomic E-state index is 13.8. The number of likely N-dealkylation sites (N-methyl/N-ethyl adjacent to an activating group) is 1. The van der Waals surface area contributed by atoms with E-state index >= 15 is 0 Å². The highest BCUT2D eigenvalue weighted by Crippen LogP contribution is 2.29. The molecule has 0 bridgehead atoms. The summed E-state index contributed by atoms with van der Waals surface area (Å²) in [5.41, 5.74) is 1.22. The smallest absolute Gasteiger partial charge is 0.252 e. The zero-order valence-corrected chi connectivity index (χ0v) is 14.0. The van der Waals surface area contributed by atoms with Crippen LogP contribution in [0.5, 0.6) is 0 Å². The molecule has 5 nitrogen and oxygen atoms in total. The number of imide groups is 1. The molecule has 3 rings (SSSR count). The van der Waals surface area contributed by atoms with Crippen molar-refractivity contribution in [3.63, 3.8) is 0 Å². The van der Waals surface area contributed by atoms with Crippen LogP contribution < -0.4 is 0 Å². The highest BCUT2D eigenvalue weighted by Gasteiger charge is 2.34. The molecular formula is C13H11FIN3O2S. The zero-order chi connectivity index (χ0) is 15.3. The van der Waals surface area contributed by atoms with Gasteiger partial charge < -0.3 is 9.55 Å². The average molecular weight is 419 g/mol. The number of rotatable bonds is 1. The monoisotopic (exact) mass is 419 g/mol. The van der Waals surface area contributed by atoms with Crippen LogP contribution in [0.4, 0.5) is 4.39 Å². The van der Waals surface area contributed by atoms with Gasteiger partial charge in [0.05, 0.1) is 14.6 Å². The molecule has 2 aromatic rings. The molecule has 1 aliphatic rings. The maximum Gasteiger partial charge on any atom is 0.252 e. The molecule has 1 fully saturated rings. The maximum absolute atomic E-state index is 13.8. The second-order valence-electron chi connectivity index (χ2n) is 4.93. The number of aromatic amines is 1. The van der Waals surface area contributed by atoms with E-state index in [1.54, 1.807) is 10.6 Å². The van der Waals surface area contributed by atoms with Crippen molar-refractivity contribution in [3.8, 4) is 0 Å². The SMILES string of the molecule is CN1C(=O)CCC(n2c(=S)[nH]c3cc(I)c(F)cc32)C1=O. The molecule has 1 unspecified atom stereocenters. The first kappa shape index (κ1) is 14.6. The topological polar surface area (TPSA) is 58.1 Å². The highest BCUT2D eigenvalue weighted by molar-refractivity contribution is 14.1. The van der Waals surface area contributed by atoms with E-state index in [1.165, 1.54) is 13.1 Å². The second kappa shape index (κ2) is 5.16. The van der Waals surface area contributed by atoms with Crippen LogP contribution in [0.15, 0.2) is 12.1 Å². The van der Waals surface area contributed by atoms with Crippen LogP contribution in [-0.4, -0.2) is 33.3 Å². The number of aromatic nitrogens is 2. The molecule has 0 aliphatic carbocycles. The van der Waals surface area contributed by atoms with Crippen molar-refractivity contribution in [2.24, 2.45) is 0 Å². The predicted molar refractivity (Wildman–Crippen MR) is 85.8 cm³/mol. The van der Waals surface area contributed by atoms with E-state index in [4.69, 9.17) is 12.2 Å². The van der Waals surface area contributed by atoms with Gasteiger partial charge in [-0.2, -0.15) is 0 Å². The zero-order valence-electron chi connectivity index (χ0n) is 11.0. The van der Waals surface area contributed by atoms with E-state index in [2.05, 4.69) is 4.98 Å². The summed E-state index contributed by atoms with van der Waals surface area (Å²) in [6.45, 7) is 0. The number of halogens is 2. The van der Waals surface area contributed by atoms with Crippen LogP contribution >= 0.6 is 34.8 Å². The third kappa shape index (κ3) is 2.30. The number of piperidine rings is 1. The second-order valence-corrected chi connectivity index (χ2v) is 6.48. The number of H-pyrrole nitrogens is 1. The predicted octanol–water partition coefficient (Wildman–Crippen LogP) is 2.76. The minimum atomic E-state index is -0.576. The molecule has 1 atom stereocenters. The van der Waals surface area contributed by atoms with Gasteiger partial charge in [-0.15, -0.1) is 0 Å². The molecule has 0 radical (unpaired) electrons. The van der Waals surface area contributed by atoms with Gasteiger partial charge in [0.15, 0.2) is 4.77 Å². The Hall–Kier alpha value is -1.29. The van der Waals surface area contributed by atoms with Gasteiger partial charge in [0.1, 0.15) is 11.9 Å². The van der Waals surface area contributed by atoms with Crippen LogP contribution in [0.1, 0.15) is 18.9 Å². The summed E-state index contributed by atoms with van der Waals surface area (Å²) in [7, 11) is 1.46. The fraction of sp³-hybridized carbons (Fsp3) is 0.308. The lowest BCUT2D eigenvalue weighted by Crippen LogP contribution is -2.43. The Morgan fingerprint density at radius 2 is 2.14 bits per heavy atom. The molecule has 0 spiro atoms. The molecule has 1 aromatic heterocycles. The largest absolute Gasteiger partial charge is 0.331 e. The summed E-state index contributed by atoms with van der Waals surface area (Å²) in [4.78, 5) is 28.0. The van der Waals surface area contributed by atoms with E-state index in [1.807, 2.05) is 22.6 Å². The van der Waals surface area contributed by atoms with Gasteiger partial charge in [0.2, 0.25) is 5.91 Å². The summed E-state index contributed by atoms with van der Waals surface area (Å²) < 4.78 is 16.3. The minimum absolute atomic E-state index is 0.205. The van der Waals surface area contributed by atoms with Crippen molar-refractivity contribution in [2.75, 3.05) is 7.05 Å². The van der Waals surface area contributed by atoms with Crippen molar-refractivity contribution in [1.29, 1.82) is 0 Å². The minimum Gasteiger partial charge on any atom is -0.331 e. The number of hydrogen-bond acceptors (Lipinski definition) is 3. The molecular weight excluding hydrogens is 408 g/mol. The number of hydrogen-bond donors (Lipinski definition) is 1. The van der Waals surface area contributed by atoms with Crippen LogP contribution in [0.25, 0.3) is 11.0 Å². The van der Waals surface area contributed by atoms with Crippen LogP contribution in [0.2, 0.25) is 0 Å². The molecule has 1 N–H and O–H groups in total. The Morgan fingerprint density at radius 3 is 2.86 bits per heavy atom. The third-order valence-electron chi connectivity index (χ3n) is 3.69. The number of nitrogens with zero attached hydrogens (tertiary/aromatic N) is 2. The summed E-state index contributed by atoms with van der Waals surface area (Å²) in [6.07, 6.45) is 0.644. The Balaban J connectivity index is 2.19. The first-order valence-corrected chi connectivity index (χ1v) is 7.78. The summed E-state index contributed by atoms with van der Waals surface area (Å²) in [5, 5.41) is 0. The van der Waals surface area contributed by atoms with E-state index < -0.39 is 6.04 Å². The summed E-state index contributed by atoms with van der Waals surface area (Å²) in [6, 6.07) is 2.45. The summed E-state index contributed by atoms with van der Waals surface area (Å²) >= 11 is 7.17. The fourth-order valence-corrected chi connectivity index (χ4v) is 3.37. The highest BCUT2D eigenvalue weighted by atomic mass is 127. The lowest BCUT2D eigenvalue weighted by Gasteiger charge is -2.28. The van der Waals surface area contributed by atoms with Crippen molar-refractivity contribution in [1.82, 2.24) is 14.5 Å². The lowest BCUT2D eigenvalue weighted by molar-refractivity contribution is -0.149. The first-order valence-electron chi connectivity index (χ1n) is 6.30. The van der Waals surface area contributed by atoms with Crippen molar-refractivity contribution >= 4 is 57.7 Å². The average Bonchev–Trinajstić information content (AvgIpc) is 2.73. The number of nitrogens with one attached hydrogen (secondary N) is 1. The standard InChI is InChI=1S/C13H11FIN3O2S/c1-17-11(19)3-2-9(12(17)20)18-10-4-6(14)7(15)5-8(10)16-13(18)21/h4-5,9H,2-3H2,1H3,(H,16,21). The number of fused-ring (bicyclic) bond motifs is 1. The number of carbonyl (C=O) groups is 2. The van der Waals surface area contributed by atoms with Gasteiger partial charge in [-0.1, -0.05) is 0 Å². The van der Waals surface area contributed by atoms with Crippen molar-refractivity contribution in [3.05, 3.63) is 26.3 Å². The quantitative estimate of drug-likeness (QED) is 0.440. The van der Waals surface area contributed by atoms with E-state index in [0.717, 1.165) is 4.90 Å². The van der Waals surface area contributed by atoms with Crippen molar-refractivity contribution < 1.29 is 14.0 Å². The number of benzene rings is 1. The van der Waals surface area contributed by atoms with E-state index in [0.29, 0.717) is 25.8 Å². The molecule has 2 amide bonds. The molecule has 1 aromatic carbocycles. The molecule has 1 aliphatic heterocycles. The molecule has 2 heterocycles. The first-order chi connectivity index (χ1) is 9.90. The fourth-order valence-electron chi connectivity index (χ4n) is 2.57. The van der Waals surface area contributed by atoms with Gasteiger partial charge in [-0.25, -0.2) is 4.39 Å². The van der Waals surface area contributed by atoms with Gasteiger partial charge >= 0.3 is 0 Å². The third-order valence-corrected chi connectivity index (χ3v) is 4.82. The van der Waals surface area contributed by atoms with E-state index in [-0.39, 0.29) is 24.1 Å². The Labute approximate surface area is 138 Å².